The second kappa shape index (κ2) is 8.59. The number of hydrogen-bond donors (Lipinski definition) is 0. The van der Waals surface area contributed by atoms with Crippen molar-refractivity contribution in [3.63, 3.8) is 0 Å². The van der Waals surface area contributed by atoms with E-state index in [9.17, 15) is 9.18 Å². The summed E-state index contributed by atoms with van der Waals surface area (Å²) in [7, 11) is 1.61. The Morgan fingerprint density at radius 3 is 2.79 bits per heavy atom. The molecule has 0 atom stereocenters. The average Bonchev–Trinajstić information content (AvgIpc) is 2.99. The normalized spacial score (nSPS) is 11.0. The highest BCUT2D eigenvalue weighted by Crippen LogP contribution is 2.12. The van der Waals surface area contributed by atoms with Gasteiger partial charge in [-0.25, -0.2) is 9.37 Å². The lowest BCUT2D eigenvalue weighted by molar-refractivity contribution is -0.135. The van der Waals surface area contributed by atoms with E-state index in [1.54, 1.807) is 36.5 Å². The number of aromatic nitrogens is 2. The van der Waals surface area contributed by atoms with Gasteiger partial charge in [0.2, 0.25) is 5.91 Å². The van der Waals surface area contributed by atoms with Crippen molar-refractivity contribution in [3.05, 3.63) is 53.9 Å². The molecule has 0 radical (unpaired) electrons. The first-order valence-corrected chi connectivity index (χ1v) is 8.04. The number of carbonyl (C=O) groups excluding carboxylic acids is 1. The minimum atomic E-state index is -0.244. The molecule has 5 nitrogen and oxygen atoms in total. The number of halogens is 1. The number of ether oxygens (including phenoxy) is 1. The lowest BCUT2D eigenvalue weighted by atomic mass is 10.2. The third-order valence-corrected chi connectivity index (χ3v) is 3.80. The fourth-order valence-electron chi connectivity index (χ4n) is 2.45. The van der Waals surface area contributed by atoms with Crippen molar-refractivity contribution in [2.75, 3.05) is 20.3 Å². The van der Waals surface area contributed by atoms with Gasteiger partial charge in [-0.1, -0.05) is 32.0 Å². The second-order valence-corrected chi connectivity index (χ2v) is 5.97. The number of hydrogen-bond acceptors (Lipinski definition) is 3. The Labute approximate surface area is 142 Å². The third kappa shape index (κ3) is 4.64. The molecule has 0 aliphatic carbocycles. The number of benzene rings is 1. The van der Waals surface area contributed by atoms with Gasteiger partial charge in [-0.2, -0.15) is 0 Å². The van der Waals surface area contributed by atoms with E-state index < -0.39 is 0 Å². The number of rotatable bonds is 8. The first-order valence-electron chi connectivity index (χ1n) is 8.04. The highest BCUT2D eigenvalue weighted by atomic mass is 19.1. The summed E-state index contributed by atoms with van der Waals surface area (Å²) in [5.74, 6) is 0.430. The highest BCUT2D eigenvalue weighted by Gasteiger charge is 2.19. The van der Waals surface area contributed by atoms with Gasteiger partial charge in [0, 0.05) is 37.5 Å². The van der Waals surface area contributed by atoms with Crippen LogP contribution < -0.4 is 0 Å². The molecule has 2 rings (SSSR count). The summed E-state index contributed by atoms with van der Waals surface area (Å²) >= 11 is 0. The number of carbonyl (C=O) groups is 1. The van der Waals surface area contributed by atoms with Crippen molar-refractivity contribution >= 4 is 5.91 Å². The first-order chi connectivity index (χ1) is 11.5. The predicted octanol–water partition coefficient (Wildman–Crippen LogP) is 2.70. The summed E-state index contributed by atoms with van der Waals surface area (Å²) in [5.41, 5.74) is 0.593. The van der Waals surface area contributed by atoms with Gasteiger partial charge in [0.05, 0.1) is 19.7 Å². The Morgan fingerprint density at radius 2 is 2.12 bits per heavy atom. The zero-order valence-electron chi connectivity index (χ0n) is 14.4. The fourth-order valence-corrected chi connectivity index (χ4v) is 2.45. The van der Waals surface area contributed by atoms with E-state index in [1.165, 1.54) is 6.07 Å². The number of imidazole rings is 1. The molecule has 0 aliphatic heterocycles. The van der Waals surface area contributed by atoms with Crippen LogP contribution in [0.15, 0.2) is 36.7 Å². The molecule has 0 fully saturated rings. The van der Waals surface area contributed by atoms with E-state index in [0.29, 0.717) is 31.8 Å². The molecule has 0 unspecified atom stereocenters. The summed E-state index contributed by atoms with van der Waals surface area (Å²) in [6.45, 7) is 5.46. The van der Waals surface area contributed by atoms with Crippen molar-refractivity contribution in [1.82, 2.24) is 14.5 Å². The van der Waals surface area contributed by atoms with Gasteiger partial charge >= 0.3 is 0 Å². The minimum Gasteiger partial charge on any atom is -0.383 e. The zero-order chi connectivity index (χ0) is 17.5. The van der Waals surface area contributed by atoms with Crippen molar-refractivity contribution in [2.45, 2.75) is 26.9 Å². The number of amides is 1. The smallest absolute Gasteiger partial charge is 0.225 e. The standard InChI is InChI=1S/C18H24FN3O2/c1-14(2)18(23)22(10-11-24-3)13-17-20-8-9-21(17)12-15-6-4-5-7-16(15)19/h4-9,14H,10-13H2,1-3H3. The van der Waals surface area contributed by atoms with Crippen LogP contribution in [-0.4, -0.2) is 40.6 Å². The van der Waals surface area contributed by atoms with Crippen LogP contribution in [0.1, 0.15) is 25.2 Å². The van der Waals surface area contributed by atoms with Crippen LogP contribution in [0.4, 0.5) is 4.39 Å². The number of methoxy groups -OCH3 is 1. The Hall–Kier alpha value is -2.21. The van der Waals surface area contributed by atoms with Gasteiger partial charge in [-0.3, -0.25) is 4.79 Å². The molecule has 0 bridgehead atoms. The molecular weight excluding hydrogens is 309 g/mol. The molecule has 1 aromatic heterocycles. The van der Waals surface area contributed by atoms with E-state index in [2.05, 4.69) is 4.98 Å². The summed E-state index contributed by atoms with van der Waals surface area (Å²) < 4.78 is 20.8. The van der Waals surface area contributed by atoms with Crippen molar-refractivity contribution < 1.29 is 13.9 Å². The van der Waals surface area contributed by atoms with Crippen LogP contribution in [0.5, 0.6) is 0 Å². The molecule has 1 aromatic carbocycles. The molecule has 0 aliphatic rings. The van der Waals surface area contributed by atoms with E-state index in [0.717, 1.165) is 5.82 Å². The maximum absolute atomic E-state index is 13.9. The van der Waals surface area contributed by atoms with Gasteiger partial charge in [-0.05, 0) is 6.07 Å². The Bertz CT molecular complexity index is 670. The molecule has 130 valence electrons. The largest absolute Gasteiger partial charge is 0.383 e. The van der Waals surface area contributed by atoms with Crippen molar-refractivity contribution in [1.29, 1.82) is 0 Å². The summed E-state index contributed by atoms with van der Waals surface area (Å²) in [4.78, 5) is 18.4. The Morgan fingerprint density at radius 1 is 1.38 bits per heavy atom. The maximum Gasteiger partial charge on any atom is 0.225 e. The van der Waals surface area contributed by atoms with Crippen LogP contribution in [0.2, 0.25) is 0 Å². The quantitative estimate of drug-likeness (QED) is 0.746. The lowest BCUT2D eigenvalue weighted by Crippen LogP contribution is -2.37. The van der Waals surface area contributed by atoms with Crippen LogP contribution >= 0.6 is 0 Å². The van der Waals surface area contributed by atoms with E-state index in [-0.39, 0.29) is 17.6 Å². The molecule has 0 N–H and O–H groups in total. The Balaban J connectivity index is 2.15. The van der Waals surface area contributed by atoms with Gasteiger partial charge in [0.15, 0.2) is 0 Å². The molecule has 6 heteroatoms. The summed E-state index contributed by atoms with van der Waals surface area (Å²) in [6.07, 6.45) is 3.47. The predicted molar refractivity (Wildman–Crippen MR) is 89.9 cm³/mol. The van der Waals surface area contributed by atoms with Gasteiger partial charge in [0.1, 0.15) is 11.6 Å². The average molecular weight is 333 g/mol. The molecular formula is C18H24FN3O2. The number of nitrogens with zero attached hydrogens (tertiary/aromatic N) is 3. The monoisotopic (exact) mass is 333 g/mol. The van der Waals surface area contributed by atoms with E-state index in [1.807, 2.05) is 24.5 Å². The van der Waals surface area contributed by atoms with Crippen LogP contribution in [0.3, 0.4) is 0 Å². The van der Waals surface area contributed by atoms with Crippen molar-refractivity contribution in [2.24, 2.45) is 5.92 Å². The lowest BCUT2D eigenvalue weighted by Gasteiger charge is -2.24. The topological polar surface area (TPSA) is 47.4 Å². The molecule has 1 heterocycles. The molecule has 2 aromatic rings. The molecule has 0 spiro atoms. The summed E-state index contributed by atoms with van der Waals surface area (Å²) in [5, 5.41) is 0. The third-order valence-electron chi connectivity index (χ3n) is 3.80. The van der Waals surface area contributed by atoms with Crippen LogP contribution in [0.25, 0.3) is 0 Å². The van der Waals surface area contributed by atoms with Crippen LogP contribution in [0, 0.1) is 11.7 Å². The SMILES string of the molecule is COCCN(Cc1nccn1Cc1ccccc1F)C(=O)C(C)C. The van der Waals surface area contributed by atoms with E-state index in [4.69, 9.17) is 4.74 Å². The Kier molecular flexibility index (Phi) is 6.49. The van der Waals surface area contributed by atoms with Crippen molar-refractivity contribution in [3.8, 4) is 0 Å². The molecule has 0 saturated carbocycles. The van der Waals surface area contributed by atoms with Gasteiger partial charge in [-0.15, -0.1) is 0 Å². The molecule has 24 heavy (non-hydrogen) atoms. The molecule has 1 amide bonds. The summed E-state index contributed by atoms with van der Waals surface area (Å²) in [6, 6.07) is 6.67. The van der Waals surface area contributed by atoms with Gasteiger partial charge in [0.25, 0.3) is 0 Å². The van der Waals surface area contributed by atoms with Crippen LogP contribution in [-0.2, 0) is 22.6 Å². The zero-order valence-corrected chi connectivity index (χ0v) is 14.4. The molecule has 0 saturated heterocycles. The van der Waals surface area contributed by atoms with E-state index >= 15 is 0 Å². The second-order valence-electron chi connectivity index (χ2n) is 5.97. The maximum atomic E-state index is 13.9. The van der Waals surface area contributed by atoms with Gasteiger partial charge < -0.3 is 14.2 Å². The fraction of sp³-hybridized carbons (Fsp3) is 0.444. The highest BCUT2D eigenvalue weighted by molar-refractivity contribution is 5.78. The minimum absolute atomic E-state index is 0.0486. The first kappa shape index (κ1) is 18.1.